The van der Waals surface area contributed by atoms with Crippen LogP contribution in [0.15, 0.2) is 54.6 Å². The number of aromatic nitrogens is 2. The summed E-state index contributed by atoms with van der Waals surface area (Å²) >= 11 is 0. The zero-order valence-electron chi connectivity index (χ0n) is 20.9. The number of rotatable bonds is 13. The molecule has 0 aliphatic rings. The zero-order chi connectivity index (χ0) is 24.5. The van der Waals surface area contributed by atoms with Crippen molar-refractivity contribution < 1.29 is 19.3 Å². The Balaban J connectivity index is 2.00. The minimum absolute atomic E-state index is 0.317. The summed E-state index contributed by atoms with van der Waals surface area (Å²) in [4.78, 5) is 2.24. The Kier molecular flexibility index (Phi) is 9.51. The van der Waals surface area contributed by atoms with E-state index in [9.17, 15) is 5.11 Å². The number of aliphatic hydroxyl groups excluding tert-OH is 1. The quantitative estimate of drug-likeness (QED) is 0.388. The van der Waals surface area contributed by atoms with Gasteiger partial charge in [0, 0.05) is 26.2 Å². The lowest BCUT2D eigenvalue weighted by molar-refractivity contribution is 0.0173. The maximum absolute atomic E-state index is 10.5. The minimum atomic E-state index is -0.568. The maximum Gasteiger partial charge on any atom is 0.227 e. The van der Waals surface area contributed by atoms with Crippen molar-refractivity contribution >= 4 is 0 Å². The molecule has 34 heavy (non-hydrogen) atoms. The molecule has 3 rings (SSSR count). The first-order chi connectivity index (χ1) is 16.4. The lowest BCUT2D eigenvalue weighted by atomic mass is 10.1. The number of hydrogen-bond acceptors (Lipinski definition) is 6. The van der Waals surface area contributed by atoms with Crippen molar-refractivity contribution in [2.75, 3.05) is 33.4 Å². The van der Waals surface area contributed by atoms with Crippen molar-refractivity contribution in [2.24, 2.45) is 5.92 Å². The van der Waals surface area contributed by atoms with E-state index in [-0.39, 0.29) is 0 Å². The van der Waals surface area contributed by atoms with Gasteiger partial charge < -0.3 is 19.3 Å². The third-order valence-electron chi connectivity index (χ3n) is 5.40. The van der Waals surface area contributed by atoms with Crippen LogP contribution in [0.4, 0.5) is 0 Å². The number of para-hydroxylation sites is 3. The van der Waals surface area contributed by atoms with Crippen molar-refractivity contribution in [1.82, 2.24) is 14.7 Å². The van der Waals surface area contributed by atoms with Gasteiger partial charge in [-0.1, -0.05) is 44.2 Å². The number of aliphatic hydroxyl groups is 1. The molecule has 2 aromatic carbocycles. The summed E-state index contributed by atoms with van der Waals surface area (Å²) in [5, 5.41) is 15.4. The van der Waals surface area contributed by atoms with Gasteiger partial charge in [-0.05, 0) is 44.0 Å². The SMILES string of the molecule is CCOC[C@@H](O)CN(Cc1c(C)nn(-c2ccccc2)c1Oc1ccccc1OC)CC(C)C. The summed E-state index contributed by atoms with van der Waals surface area (Å²) in [5.41, 5.74) is 2.76. The molecule has 0 aliphatic carbocycles. The average Bonchev–Trinajstić information content (AvgIpc) is 3.13. The molecular weight excluding hydrogens is 430 g/mol. The average molecular weight is 468 g/mol. The van der Waals surface area contributed by atoms with Crippen molar-refractivity contribution in [3.63, 3.8) is 0 Å². The standard InChI is InChI=1S/C27H37N3O4/c1-6-33-19-23(31)17-29(16-20(2)3)18-24-21(4)28-30(22-12-8-7-9-13-22)27(24)34-26-15-11-10-14-25(26)32-5/h7-15,20,23,31H,6,16-19H2,1-5H3/t23-/m0/s1. The number of aryl methyl sites for hydroxylation is 1. The molecule has 0 spiro atoms. The molecule has 1 atom stereocenters. The highest BCUT2D eigenvalue weighted by molar-refractivity contribution is 5.47. The van der Waals surface area contributed by atoms with E-state index in [1.54, 1.807) is 7.11 Å². The molecule has 0 saturated heterocycles. The maximum atomic E-state index is 10.5. The summed E-state index contributed by atoms with van der Waals surface area (Å²) in [6.45, 7) is 11.1. The smallest absolute Gasteiger partial charge is 0.227 e. The van der Waals surface area contributed by atoms with Crippen molar-refractivity contribution in [3.05, 3.63) is 65.9 Å². The number of methoxy groups -OCH3 is 1. The second-order valence-corrected chi connectivity index (χ2v) is 8.77. The van der Waals surface area contributed by atoms with Gasteiger partial charge in [-0.25, -0.2) is 4.68 Å². The van der Waals surface area contributed by atoms with E-state index in [0.717, 1.165) is 23.5 Å². The molecule has 7 nitrogen and oxygen atoms in total. The largest absolute Gasteiger partial charge is 0.493 e. The Bertz CT molecular complexity index is 1020. The Morgan fingerprint density at radius 1 is 1.00 bits per heavy atom. The molecule has 3 aromatic rings. The summed E-state index contributed by atoms with van der Waals surface area (Å²) in [7, 11) is 1.63. The molecule has 0 aliphatic heterocycles. The second-order valence-electron chi connectivity index (χ2n) is 8.77. The van der Waals surface area contributed by atoms with Gasteiger partial charge in [0.1, 0.15) is 0 Å². The first-order valence-corrected chi connectivity index (χ1v) is 11.9. The summed E-state index contributed by atoms with van der Waals surface area (Å²) in [6.07, 6.45) is -0.568. The fourth-order valence-corrected chi connectivity index (χ4v) is 3.92. The molecule has 0 radical (unpaired) electrons. The van der Waals surface area contributed by atoms with Crippen LogP contribution < -0.4 is 9.47 Å². The highest BCUT2D eigenvalue weighted by Crippen LogP contribution is 2.36. The number of ether oxygens (including phenoxy) is 3. The summed E-state index contributed by atoms with van der Waals surface area (Å²) in [6, 6.07) is 17.5. The van der Waals surface area contributed by atoms with E-state index in [1.807, 2.05) is 73.1 Å². The minimum Gasteiger partial charge on any atom is -0.493 e. The van der Waals surface area contributed by atoms with Crippen molar-refractivity contribution in [3.8, 4) is 23.1 Å². The van der Waals surface area contributed by atoms with Crippen LogP contribution in [0.3, 0.4) is 0 Å². The number of benzene rings is 2. The van der Waals surface area contributed by atoms with Gasteiger partial charge in [-0.2, -0.15) is 5.10 Å². The van der Waals surface area contributed by atoms with Gasteiger partial charge >= 0.3 is 0 Å². The lowest BCUT2D eigenvalue weighted by Gasteiger charge is -2.27. The van der Waals surface area contributed by atoms with Crippen LogP contribution in [0.1, 0.15) is 32.0 Å². The van der Waals surface area contributed by atoms with E-state index < -0.39 is 6.10 Å². The molecule has 0 saturated carbocycles. The second kappa shape index (κ2) is 12.6. The van der Waals surface area contributed by atoms with E-state index in [2.05, 4.69) is 18.7 Å². The van der Waals surface area contributed by atoms with E-state index in [0.29, 0.717) is 49.6 Å². The third-order valence-corrected chi connectivity index (χ3v) is 5.40. The van der Waals surface area contributed by atoms with Crippen LogP contribution in [0.2, 0.25) is 0 Å². The molecular formula is C27H37N3O4. The molecule has 0 amide bonds. The van der Waals surface area contributed by atoms with Gasteiger partial charge in [0.05, 0.1) is 36.8 Å². The van der Waals surface area contributed by atoms with E-state index in [4.69, 9.17) is 19.3 Å². The highest BCUT2D eigenvalue weighted by Gasteiger charge is 2.24. The molecule has 1 N–H and O–H groups in total. The van der Waals surface area contributed by atoms with Crippen molar-refractivity contribution in [1.29, 1.82) is 0 Å². The van der Waals surface area contributed by atoms with Crippen LogP contribution >= 0.6 is 0 Å². The van der Waals surface area contributed by atoms with Gasteiger partial charge in [0.25, 0.3) is 0 Å². The van der Waals surface area contributed by atoms with Crippen LogP contribution in [0, 0.1) is 12.8 Å². The molecule has 7 heteroatoms. The van der Waals surface area contributed by atoms with Crippen LogP contribution in [0.5, 0.6) is 17.4 Å². The zero-order valence-corrected chi connectivity index (χ0v) is 20.9. The highest BCUT2D eigenvalue weighted by atomic mass is 16.5. The number of hydrogen-bond donors (Lipinski definition) is 1. The topological polar surface area (TPSA) is 69.0 Å². The fraction of sp³-hybridized carbons (Fsp3) is 0.444. The normalized spacial score (nSPS) is 12.4. The molecule has 0 bridgehead atoms. The van der Waals surface area contributed by atoms with Gasteiger partial charge in [0.2, 0.25) is 5.88 Å². The monoisotopic (exact) mass is 467 g/mol. The Hall–Kier alpha value is -2.87. The van der Waals surface area contributed by atoms with E-state index in [1.165, 1.54) is 0 Å². The predicted molar refractivity (Wildman–Crippen MR) is 134 cm³/mol. The summed E-state index contributed by atoms with van der Waals surface area (Å²) in [5.74, 6) is 2.34. The fourth-order valence-electron chi connectivity index (χ4n) is 3.92. The number of nitrogens with zero attached hydrogens (tertiary/aromatic N) is 3. The molecule has 0 unspecified atom stereocenters. The van der Waals surface area contributed by atoms with Crippen LogP contribution in [-0.4, -0.2) is 59.3 Å². The van der Waals surface area contributed by atoms with Crippen LogP contribution in [0.25, 0.3) is 5.69 Å². The molecule has 1 aromatic heterocycles. The van der Waals surface area contributed by atoms with Crippen molar-refractivity contribution in [2.45, 2.75) is 40.3 Å². The predicted octanol–water partition coefficient (Wildman–Crippen LogP) is 4.84. The molecule has 184 valence electrons. The first-order valence-electron chi connectivity index (χ1n) is 11.9. The third kappa shape index (κ3) is 6.82. The van der Waals surface area contributed by atoms with Gasteiger partial charge in [-0.15, -0.1) is 0 Å². The molecule has 1 heterocycles. The Morgan fingerprint density at radius 2 is 1.68 bits per heavy atom. The lowest BCUT2D eigenvalue weighted by Crippen LogP contribution is -2.37. The van der Waals surface area contributed by atoms with E-state index >= 15 is 0 Å². The summed E-state index contributed by atoms with van der Waals surface area (Å²) < 4.78 is 19.3. The molecule has 0 fully saturated rings. The first kappa shape index (κ1) is 25.7. The Labute approximate surface area is 202 Å². The van der Waals surface area contributed by atoms with Gasteiger partial charge in [0.15, 0.2) is 11.5 Å². The van der Waals surface area contributed by atoms with Gasteiger partial charge in [-0.3, -0.25) is 4.90 Å². The Morgan fingerprint density at radius 3 is 2.32 bits per heavy atom. The van der Waals surface area contributed by atoms with Crippen LogP contribution in [-0.2, 0) is 11.3 Å².